The summed E-state index contributed by atoms with van der Waals surface area (Å²) >= 11 is 0. The minimum absolute atomic E-state index is 0.148. The van der Waals surface area contributed by atoms with E-state index in [2.05, 4.69) is 20.8 Å². The quantitative estimate of drug-likeness (QED) is 0.856. The van der Waals surface area contributed by atoms with E-state index in [0.717, 1.165) is 5.56 Å². The van der Waals surface area contributed by atoms with Gasteiger partial charge in [0.2, 0.25) is 5.89 Å². The van der Waals surface area contributed by atoms with Crippen molar-refractivity contribution in [1.82, 2.24) is 15.5 Å². The molecule has 21 heavy (non-hydrogen) atoms. The Morgan fingerprint density at radius 2 is 1.90 bits per heavy atom. The molecule has 5 nitrogen and oxygen atoms in total. The zero-order chi connectivity index (χ0) is 14.8. The van der Waals surface area contributed by atoms with Gasteiger partial charge in [-0.15, -0.1) is 5.10 Å². The summed E-state index contributed by atoms with van der Waals surface area (Å²) in [6, 6.07) is 4.64. The number of nitrogens with one attached hydrogen (secondary N) is 2. The van der Waals surface area contributed by atoms with Gasteiger partial charge in [0.1, 0.15) is 5.82 Å². The fourth-order valence-electron chi connectivity index (χ4n) is 2.23. The predicted octanol–water partition coefficient (Wildman–Crippen LogP) is 2.69. The van der Waals surface area contributed by atoms with E-state index in [0.29, 0.717) is 42.2 Å². The van der Waals surface area contributed by atoms with E-state index in [-0.39, 0.29) is 5.82 Å². The topological polar surface area (TPSA) is 63.0 Å². The van der Waals surface area contributed by atoms with Crippen LogP contribution in [0.1, 0.15) is 35.4 Å². The van der Waals surface area contributed by atoms with Gasteiger partial charge in [0, 0.05) is 12.6 Å². The number of anilines is 1. The first-order valence-electron chi connectivity index (χ1n) is 7.17. The predicted molar refractivity (Wildman–Crippen MR) is 77.4 cm³/mol. The Labute approximate surface area is 123 Å². The number of hydrogen-bond donors (Lipinski definition) is 2. The van der Waals surface area contributed by atoms with E-state index in [1.54, 1.807) is 13.8 Å². The van der Waals surface area contributed by atoms with E-state index >= 15 is 0 Å². The van der Waals surface area contributed by atoms with Crippen LogP contribution in [-0.2, 0) is 13.1 Å². The van der Waals surface area contributed by atoms with Gasteiger partial charge in [0.05, 0.1) is 6.54 Å². The number of rotatable bonds is 6. The van der Waals surface area contributed by atoms with Crippen molar-refractivity contribution in [2.24, 2.45) is 0 Å². The molecule has 0 unspecified atom stereocenters. The van der Waals surface area contributed by atoms with Crippen molar-refractivity contribution in [3.8, 4) is 0 Å². The van der Waals surface area contributed by atoms with Gasteiger partial charge in [-0.3, -0.25) is 0 Å². The highest BCUT2D eigenvalue weighted by Gasteiger charge is 2.21. The molecule has 0 spiro atoms. The summed E-state index contributed by atoms with van der Waals surface area (Å²) in [5, 5.41) is 14.3. The molecule has 1 heterocycles. The molecule has 1 aromatic heterocycles. The van der Waals surface area contributed by atoms with Crippen LogP contribution in [0, 0.1) is 19.7 Å². The average molecular weight is 290 g/mol. The van der Waals surface area contributed by atoms with Crippen LogP contribution in [-0.4, -0.2) is 16.2 Å². The van der Waals surface area contributed by atoms with Crippen LogP contribution in [0.15, 0.2) is 16.5 Å². The molecular formula is C15H19FN4O. The first-order chi connectivity index (χ1) is 10.1. The van der Waals surface area contributed by atoms with Gasteiger partial charge < -0.3 is 15.1 Å². The van der Waals surface area contributed by atoms with Crippen molar-refractivity contribution in [2.75, 3.05) is 5.32 Å². The highest BCUT2D eigenvalue weighted by Crippen LogP contribution is 2.19. The zero-order valence-corrected chi connectivity index (χ0v) is 12.2. The van der Waals surface area contributed by atoms with Crippen molar-refractivity contribution in [1.29, 1.82) is 0 Å². The normalized spacial score (nSPS) is 14.4. The largest absolute Gasteiger partial charge is 0.407 e. The van der Waals surface area contributed by atoms with Crippen LogP contribution in [0.4, 0.5) is 10.4 Å². The van der Waals surface area contributed by atoms with E-state index in [9.17, 15) is 4.39 Å². The number of hydrogen-bond acceptors (Lipinski definition) is 5. The molecule has 112 valence electrons. The molecule has 2 N–H and O–H groups in total. The Balaban J connectivity index is 1.56. The van der Waals surface area contributed by atoms with E-state index in [1.807, 2.05) is 12.1 Å². The van der Waals surface area contributed by atoms with Gasteiger partial charge in [-0.05, 0) is 43.4 Å². The number of aryl methyl sites for hydroxylation is 2. The van der Waals surface area contributed by atoms with Gasteiger partial charge in [0.15, 0.2) is 0 Å². The van der Waals surface area contributed by atoms with Crippen LogP contribution < -0.4 is 10.6 Å². The highest BCUT2D eigenvalue weighted by atomic mass is 19.1. The number of halogens is 1. The van der Waals surface area contributed by atoms with Crippen molar-refractivity contribution >= 4 is 6.01 Å². The van der Waals surface area contributed by atoms with Gasteiger partial charge in [-0.1, -0.05) is 17.2 Å². The lowest BCUT2D eigenvalue weighted by Gasteiger charge is -2.06. The summed E-state index contributed by atoms with van der Waals surface area (Å²) in [6.07, 6.45) is 2.45. The molecule has 2 aromatic rings. The van der Waals surface area contributed by atoms with Crippen molar-refractivity contribution in [2.45, 2.75) is 45.8 Å². The summed E-state index contributed by atoms with van der Waals surface area (Å²) in [7, 11) is 0. The second-order valence-corrected chi connectivity index (χ2v) is 5.55. The molecule has 1 aliphatic carbocycles. The zero-order valence-electron chi connectivity index (χ0n) is 12.2. The highest BCUT2D eigenvalue weighted by molar-refractivity contribution is 5.32. The van der Waals surface area contributed by atoms with Crippen LogP contribution in [0.2, 0.25) is 0 Å². The lowest BCUT2D eigenvalue weighted by Crippen LogP contribution is -2.15. The minimum atomic E-state index is -0.148. The number of benzene rings is 1. The molecule has 0 atom stereocenters. The van der Waals surface area contributed by atoms with Gasteiger partial charge in [-0.2, -0.15) is 0 Å². The average Bonchev–Trinajstić information content (AvgIpc) is 3.18. The number of nitrogens with zero attached hydrogens (tertiary/aromatic N) is 2. The second-order valence-electron chi connectivity index (χ2n) is 5.55. The lowest BCUT2D eigenvalue weighted by molar-refractivity contribution is 0.475. The Morgan fingerprint density at radius 1 is 1.19 bits per heavy atom. The Bertz CT molecular complexity index is 613. The molecule has 1 saturated carbocycles. The Morgan fingerprint density at radius 3 is 2.57 bits per heavy atom. The number of aromatic nitrogens is 2. The first kappa shape index (κ1) is 14.0. The molecule has 3 rings (SSSR count). The molecule has 6 heteroatoms. The summed E-state index contributed by atoms with van der Waals surface area (Å²) in [5.41, 5.74) is 2.28. The van der Waals surface area contributed by atoms with E-state index in [4.69, 9.17) is 4.42 Å². The van der Waals surface area contributed by atoms with Crippen molar-refractivity contribution in [3.05, 3.63) is 40.5 Å². The maximum Gasteiger partial charge on any atom is 0.315 e. The van der Waals surface area contributed by atoms with Crippen molar-refractivity contribution in [3.63, 3.8) is 0 Å². The fourth-order valence-corrected chi connectivity index (χ4v) is 2.23. The molecular weight excluding hydrogens is 271 g/mol. The van der Waals surface area contributed by atoms with Gasteiger partial charge in [-0.25, -0.2) is 4.39 Å². The maximum atomic E-state index is 13.6. The van der Waals surface area contributed by atoms with E-state index in [1.165, 1.54) is 12.8 Å². The van der Waals surface area contributed by atoms with E-state index < -0.39 is 0 Å². The maximum absolute atomic E-state index is 13.6. The molecule has 0 bridgehead atoms. The molecule has 1 aliphatic rings. The third-order valence-corrected chi connectivity index (χ3v) is 3.53. The Kier molecular flexibility index (Phi) is 3.88. The third-order valence-electron chi connectivity index (χ3n) is 3.53. The molecule has 1 fully saturated rings. The standard InChI is InChI=1S/C15H19FN4O/c1-9-5-11(6-10(2)14(9)16)7-18-15-20-19-13(21-15)8-17-12-3-4-12/h5-6,12,17H,3-4,7-8H2,1-2H3,(H,18,20). The second kappa shape index (κ2) is 5.81. The Hall–Kier alpha value is -1.95. The summed E-state index contributed by atoms with van der Waals surface area (Å²) in [5.74, 6) is 0.431. The third kappa shape index (κ3) is 3.58. The summed E-state index contributed by atoms with van der Waals surface area (Å²) < 4.78 is 19.1. The minimum Gasteiger partial charge on any atom is -0.407 e. The molecule has 0 saturated heterocycles. The molecule has 0 aliphatic heterocycles. The monoisotopic (exact) mass is 290 g/mol. The lowest BCUT2D eigenvalue weighted by atomic mass is 10.1. The van der Waals surface area contributed by atoms with Crippen LogP contribution in [0.25, 0.3) is 0 Å². The first-order valence-corrected chi connectivity index (χ1v) is 7.17. The molecule has 0 radical (unpaired) electrons. The van der Waals surface area contributed by atoms with Crippen LogP contribution in [0.5, 0.6) is 0 Å². The molecule has 1 aromatic carbocycles. The van der Waals surface area contributed by atoms with Crippen LogP contribution in [0.3, 0.4) is 0 Å². The smallest absolute Gasteiger partial charge is 0.315 e. The fraction of sp³-hybridized carbons (Fsp3) is 0.467. The summed E-state index contributed by atoms with van der Waals surface area (Å²) in [6.45, 7) is 4.66. The van der Waals surface area contributed by atoms with Gasteiger partial charge in [0.25, 0.3) is 0 Å². The summed E-state index contributed by atoms with van der Waals surface area (Å²) in [4.78, 5) is 0. The SMILES string of the molecule is Cc1cc(CNc2nnc(CNC3CC3)o2)cc(C)c1F. The molecule has 0 amide bonds. The van der Waals surface area contributed by atoms with Gasteiger partial charge >= 0.3 is 6.01 Å². The van der Waals surface area contributed by atoms with Crippen molar-refractivity contribution < 1.29 is 8.81 Å². The van der Waals surface area contributed by atoms with Crippen LogP contribution >= 0.6 is 0 Å².